The summed E-state index contributed by atoms with van der Waals surface area (Å²) in [5.74, 6) is 0.348. The van der Waals surface area contributed by atoms with E-state index in [1.807, 2.05) is 29.0 Å². The third-order valence-corrected chi connectivity index (χ3v) is 4.42. The molecule has 0 aliphatic heterocycles. The van der Waals surface area contributed by atoms with Crippen molar-refractivity contribution < 1.29 is 9.13 Å². The highest BCUT2D eigenvalue weighted by Gasteiger charge is 2.05. The monoisotopic (exact) mass is 416 g/mol. The van der Waals surface area contributed by atoms with Crippen molar-refractivity contribution in [3.8, 4) is 5.75 Å². The maximum atomic E-state index is 13.9. The molecule has 0 atom stereocenters. The molecule has 0 amide bonds. The first-order valence-electron chi connectivity index (χ1n) is 8.39. The number of ether oxygens (including phenoxy) is 1. The third kappa shape index (κ3) is 5.09. The average Bonchev–Trinajstić information content (AvgIpc) is 3.11. The fourth-order valence-corrected chi connectivity index (χ4v) is 2.99. The van der Waals surface area contributed by atoms with E-state index in [9.17, 15) is 4.39 Å². The molecule has 0 radical (unpaired) electrons. The number of aromatic nitrogens is 1. The fourth-order valence-electron chi connectivity index (χ4n) is 2.56. The maximum absolute atomic E-state index is 13.9. The van der Waals surface area contributed by atoms with E-state index in [2.05, 4.69) is 15.8 Å². The molecule has 144 valence electrons. The molecule has 0 saturated carbocycles. The van der Waals surface area contributed by atoms with Gasteiger partial charge in [0, 0.05) is 17.4 Å². The lowest BCUT2D eigenvalue weighted by Crippen LogP contribution is -2.24. The van der Waals surface area contributed by atoms with Crippen LogP contribution < -0.4 is 15.5 Å². The van der Waals surface area contributed by atoms with Crippen molar-refractivity contribution in [2.75, 3.05) is 12.4 Å². The van der Waals surface area contributed by atoms with Crippen molar-refractivity contribution in [2.45, 2.75) is 6.54 Å². The number of nitrogens with one attached hydrogen (secondary N) is 2. The van der Waals surface area contributed by atoms with E-state index in [-0.39, 0.29) is 5.82 Å². The van der Waals surface area contributed by atoms with Gasteiger partial charge in [-0.15, -0.1) is 0 Å². The minimum absolute atomic E-state index is 0.235. The van der Waals surface area contributed by atoms with Crippen LogP contribution in [0.5, 0.6) is 5.75 Å². The van der Waals surface area contributed by atoms with Crippen molar-refractivity contribution in [3.05, 3.63) is 82.9 Å². The van der Waals surface area contributed by atoms with E-state index < -0.39 is 0 Å². The molecule has 3 aromatic rings. The topological polar surface area (TPSA) is 50.6 Å². The zero-order valence-electron chi connectivity index (χ0n) is 15.0. The van der Waals surface area contributed by atoms with E-state index >= 15 is 0 Å². The fraction of sp³-hybridized carbons (Fsp3) is 0.100. The molecule has 2 aromatic carbocycles. The molecule has 0 saturated heterocycles. The molecule has 0 spiro atoms. The molecule has 0 fully saturated rings. The molecule has 5 nitrogen and oxygen atoms in total. The van der Waals surface area contributed by atoms with Crippen LogP contribution in [0.15, 0.2) is 65.9 Å². The highest BCUT2D eigenvalue weighted by Crippen LogP contribution is 2.27. The summed E-state index contributed by atoms with van der Waals surface area (Å²) in [7, 11) is 1.55. The number of thiocarbonyl (C=S) groups is 1. The number of hydrazone groups is 1. The Morgan fingerprint density at radius 2 is 2.07 bits per heavy atom. The van der Waals surface area contributed by atoms with Crippen LogP contribution in [-0.4, -0.2) is 23.0 Å². The largest absolute Gasteiger partial charge is 0.495 e. The summed E-state index contributed by atoms with van der Waals surface area (Å²) in [6.45, 7) is 0.411. The van der Waals surface area contributed by atoms with Gasteiger partial charge in [0.15, 0.2) is 5.11 Å². The molecule has 3 rings (SSSR count). The minimum Gasteiger partial charge on any atom is -0.495 e. The predicted octanol–water partition coefficient (Wildman–Crippen LogP) is 4.66. The standard InChI is InChI=1S/C20H18ClFN4OS/c1-27-19-9-8-15(11-17(19)21)24-20(28)25-23-12-16-6-4-10-26(16)13-14-5-2-3-7-18(14)22/h2-12H,13H2,1H3,(H2,24,25,28)/b23-12+. The van der Waals surface area contributed by atoms with Crippen molar-refractivity contribution in [2.24, 2.45) is 5.10 Å². The number of methoxy groups -OCH3 is 1. The van der Waals surface area contributed by atoms with Crippen LogP contribution >= 0.6 is 23.8 Å². The van der Waals surface area contributed by atoms with Gasteiger partial charge in [0.1, 0.15) is 11.6 Å². The first kappa shape index (κ1) is 19.9. The van der Waals surface area contributed by atoms with Crippen LogP contribution in [0.3, 0.4) is 0 Å². The number of rotatable bonds is 6. The molecule has 0 bridgehead atoms. The Labute approximate surface area is 172 Å². The zero-order chi connectivity index (χ0) is 19.9. The summed E-state index contributed by atoms with van der Waals surface area (Å²) in [6.07, 6.45) is 3.49. The Hall–Kier alpha value is -2.90. The van der Waals surface area contributed by atoms with Gasteiger partial charge in [-0.05, 0) is 48.6 Å². The molecule has 0 unspecified atom stereocenters. The Balaban J connectivity index is 1.59. The van der Waals surface area contributed by atoms with Crippen LogP contribution in [0.1, 0.15) is 11.3 Å². The average molecular weight is 417 g/mol. The SMILES string of the molecule is COc1ccc(NC(=S)N/N=C/c2cccn2Cc2ccccc2F)cc1Cl. The second-order valence-corrected chi connectivity index (χ2v) is 6.64. The number of nitrogens with zero attached hydrogens (tertiary/aromatic N) is 2. The smallest absolute Gasteiger partial charge is 0.191 e. The van der Waals surface area contributed by atoms with E-state index in [4.69, 9.17) is 28.6 Å². The van der Waals surface area contributed by atoms with Crippen molar-refractivity contribution in [1.29, 1.82) is 0 Å². The van der Waals surface area contributed by atoms with Gasteiger partial charge in [-0.25, -0.2) is 4.39 Å². The highest BCUT2D eigenvalue weighted by molar-refractivity contribution is 7.80. The summed E-state index contributed by atoms with van der Waals surface area (Å²) in [4.78, 5) is 0. The second kappa shape index (κ2) is 9.34. The van der Waals surface area contributed by atoms with Gasteiger partial charge in [0.25, 0.3) is 0 Å². The summed E-state index contributed by atoms with van der Waals surface area (Å²) < 4.78 is 20.9. The predicted molar refractivity (Wildman–Crippen MR) is 115 cm³/mol. The van der Waals surface area contributed by atoms with Crippen molar-refractivity contribution >= 4 is 40.8 Å². The van der Waals surface area contributed by atoms with Crippen LogP contribution in [0.2, 0.25) is 5.02 Å². The number of halogens is 2. The van der Waals surface area contributed by atoms with Gasteiger partial charge in [-0.3, -0.25) is 5.43 Å². The van der Waals surface area contributed by atoms with Gasteiger partial charge in [0.2, 0.25) is 0 Å². The number of benzene rings is 2. The van der Waals surface area contributed by atoms with E-state index in [1.165, 1.54) is 6.07 Å². The molecule has 0 aliphatic rings. The second-order valence-electron chi connectivity index (χ2n) is 5.83. The molecule has 2 N–H and O–H groups in total. The summed E-state index contributed by atoms with van der Waals surface area (Å²) in [6, 6.07) is 15.7. The Kier molecular flexibility index (Phi) is 6.62. The Bertz CT molecular complexity index is 1010. The molecule has 1 aromatic heterocycles. The lowest BCUT2D eigenvalue weighted by atomic mass is 10.2. The maximum Gasteiger partial charge on any atom is 0.191 e. The van der Waals surface area contributed by atoms with Gasteiger partial charge in [-0.2, -0.15) is 5.10 Å². The Morgan fingerprint density at radius 3 is 2.82 bits per heavy atom. The molecule has 8 heteroatoms. The van der Waals surface area contributed by atoms with Gasteiger partial charge >= 0.3 is 0 Å². The van der Waals surface area contributed by atoms with E-state index in [0.717, 1.165) is 5.69 Å². The summed E-state index contributed by atoms with van der Waals surface area (Å²) in [5, 5.41) is 7.91. The lowest BCUT2D eigenvalue weighted by molar-refractivity contribution is 0.415. The highest BCUT2D eigenvalue weighted by atomic mass is 35.5. The molecule has 1 heterocycles. The van der Waals surface area contributed by atoms with Crippen LogP contribution in [-0.2, 0) is 6.54 Å². The molecule has 0 aliphatic carbocycles. The normalized spacial score (nSPS) is 10.8. The van der Waals surface area contributed by atoms with Crippen LogP contribution in [0, 0.1) is 5.82 Å². The van der Waals surface area contributed by atoms with Crippen LogP contribution in [0.4, 0.5) is 10.1 Å². The number of hydrogen-bond donors (Lipinski definition) is 2. The van der Waals surface area contributed by atoms with Gasteiger partial charge < -0.3 is 14.6 Å². The zero-order valence-corrected chi connectivity index (χ0v) is 16.6. The van der Waals surface area contributed by atoms with Gasteiger partial charge in [-0.1, -0.05) is 29.8 Å². The number of hydrogen-bond acceptors (Lipinski definition) is 3. The first-order valence-corrected chi connectivity index (χ1v) is 9.17. The molecule has 28 heavy (non-hydrogen) atoms. The quantitative estimate of drug-likeness (QED) is 0.348. The summed E-state index contributed by atoms with van der Waals surface area (Å²) >= 11 is 11.3. The minimum atomic E-state index is -0.235. The first-order chi connectivity index (χ1) is 13.6. The molecular formula is C20H18ClFN4OS. The summed E-state index contributed by atoms with van der Waals surface area (Å²) in [5.41, 5.74) is 4.88. The lowest BCUT2D eigenvalue weighted by Gasteiger charge is -2.10. The van der Waals surface area contributed by atoms with E-state index in [0.29, 0.717) is 33.7 Å². The number of anilines is 1. The third-order valence-electron chi connectivity index (χ3n) is 3.94. The van der Waals surface area contributed by atoms with Crippen molar-refractivity contribution in [1.82, 2.24) is 9.99 Å². The Morgan fingerprint density at radius 1 is 1.25 bits per heavy atom. The van der Waals surface area contributed by atoms with E-state index in [1.54, 1.807) is 43.7 Å². The van der Waals surface area contributed by atoms with Gasteiger partial charge in [0.05, 0.1) is 30.6 Å². The molecular weight excluding hydrogens is 399 g/mol. The van der Waals surface area contributed by atoms with Crippen molar-refractivity contribution in [3.63, 3.8) is 0 Å². The van der Waals surface area contributed by atoms with Crippen LogP contribution in [0.25, 0.3) is 0 Å².